The maximum absolute atomic E-state index is 4.74. The fraction of sp³-hybridized carbons (Fsp3) is 0.903. The first kappa shape index (κ1) is 25.9. The first-order valence-electron chi connectivity index (χ1n) is 13.7. The number of allylic oxidation sites excluding steroid dienone is 1. The summed E-state index contributed by atoms with van der Waals surface area (Å²) in [5.41, 5.74) is 3.95. The summed E-state index contributed by atoms with van der Waals surface area (Å²) in [5.74, 6) is 6.66. The van der Waals surface area contributed by atoms with Crippen molar-refractivity contribution in [1.82, 2.24) is 0 Å². The van der Waals surface area contributed by atoms with Crippen molar-refractivity contribution < 1.29 is 32.7 Å². The Bertz CT molecular complexity index is 752. The maximum atomic E-state index is 4.74. The van der Waals surface area contributed by atoms with Crippen LogP contribution in [0, 0.1) is 69.5 Å². The SMILES string of the molecule is C.C=C1CC2CC3C4CC[CH-]C(C)(C)C4CCC3(C)C3(C)CCC4(CC)CCC1C4C23.[Y]. The molecule has 6 saturated carbocycles. The van der Waals surface area contributed by atoms with E-state index in [0.29, 0.717) is 21.7 Å². The molecule has 0 aromatic heterocycles. The van der Waals surface area contributed by atoms with Crippen LogP contribution in [0.25, 0.3) is 0 Å². The molecule has 0 N–H and O–H groups in total. The van der Waals surface area contributed by atoms with Gasteiger partial charge in [-0.3, -0.25) is 0 Å². The average Bonchev–Trinajstić information content (AvgIpc) is 3.09. The summed E-state index contributed by atoms with van der Waals surface area (Å²) in [4.78, 5) is 0. The molecule has 1 radical (unpaired) electrons. The number of hydrogen-bond donors (Lipinski definition) is 0. The molecule has 6 fully saturated rings. The normalized spacial score (nSPS) is 54.9. The van der Waals surface area contributed by atoms with Gasteiger partial charge in [0.25, 0.3) is 0 Å². The molecular weight excluding hydrogens is 461 g/mol. The van der Waals surface area contributed by atoms with Crippen molar-refractivity contribution in [2.75, 3.05) is 0 Å². The summed E-state index contributed by atoms with van der Waals surface area (Å²) in [6.07, 6.45) is 18.9. The second-order valence-corrected chi connectivity index (χ2v) is 14.1. The Hall–Kier alpha value is 0.844. The van der Waals surface area contributed by atoms with Crippen LogP contribution in [0.3, 0.4) is 0 Å². The second kappa shape index (κ2) is 8.18. The minimum Gasteiger partial charge on any atom is -0.323 e. The molecule has 0 bridgehead atoms. The Morgan fingerprint density at radius 2 is 1.66 bits per heavy atom. The van der Waals surface area contributed by atoms with Crippen LogP contribution in [0.4, 0.5) is 0 Å². The quantitative estimate of drug-likeness (QED) is 0.243. The molecule has 0 saturated heterocycles. The van der Waals surface area contributed by atoms with E-state index in [1.54, 1.807) is 5.57 Å². The van der Waals surface area contributed by atoms with Gasteiger partial charge in [0.1, 0.15) is 0 Å². The van der Waals surface area contributed by atoms with Crippen LogP contribution < -0.4 is 0 Å². The van der Waals surface area contributed by atoms with Crippen LogP contribution >= 0.6 is 0 Å². The first-order valence-corrected chi connectivity index (χ1v) is 13.7. The summed E-state index contributed by atoms with van der Waals surface area (Å²) < 4.78 is 0. The molecule has 0 aromatic rings. The fourth-order valence-corrected chi connectivity index (χ4v) is 11.8. The molecule has 10 atom stereocenters. The van der Waals surface area contributed by atoms with E-state index in [1.165, 1.54) is 70.6 Å². The molecule has 6 rings (SSSR count). The van der Waals surface area contributed by atoms with Crippen molar-refractivity contribution in [3.63, 3.8) is 0 Å². The van der Waals surface area contributed by atoms with Gasteiger partial charge in [-0.25, -0.2) is 0 Å². The van der Waals surface area contributed by atoms with Gasteiger partial charge in [0.15, 0.2) is 0 Å². The Kier molecular flexibility index (Phi) is 6.63. The van der Waals surface area contributed by atoms with E-state index < -0.39 is 0 Å². The van der Waals surface area contributed by atoms with Gasteiger partial charge in [0, 0.05) is 32.7 Å². The molecule has 6 aliphatic carbocycles. The van der Waals surface area contributed by atoms with E-state index >= 15 is 0 Å². The monoisotopic (exact) mass is 512 g/mol. The molecule has 0 spiro atoms. The molecule has 0 aliphatic heterocycles. The van der Waals surface area contributed by atoms with Crippen LogP contribution in [0.2, 0.25) is 0 Å². The summed E-state index contributed by atoms with van der Waals surface area (Å²) in [7, 11) is 0. The van der Waals surface area contributed by atoms with Crippen LogP contribution in [-0.2, 0) is 32.7 Å². The Morgan fingerprint density at radius 1 is 0.906 bits per heavy atom. The zero-order chi connectivity index (χ0) is 21.1. The van der Waals surface area contributed by atoms with Crippen molar-refractivity contribution in [1.29, 1.82) is 0 Å². The van der Waals surface area contributed by atoms with Crippen LogP contribution in [-0.4, -0.2) is 0 Å². The van der Waals surface area contributed by atoms with E-state index in [0.717, 1.165) is 41.4 Å². The van der Waals surface area contributed by atoms with Gasteiger partial charge in [0.2, 0.25) is 0 Å². The second-order valence-electron chi connectivity index (χ2n) is 14.1. The number of fused-ring (bicyclic) bond motifs is 4. The van der Waals surface area contributed by atoms with E-state index in [4.69, 9.17) is 6.58 Å². The van der Waals surface area contributed by atoms with Crippen molar-refractivity contribution >= 4 is 0 Å². The Labute approximate surface area is 225 Å². The van der Waals surface area contributed by atoms with E-state index in [2.05, 4.69) is 41.0 Å². The van der Waals surface area contributed by atoms with Gasteiger partial charge in [-0.2, -0.15) is 11.8 Å². The van der Waals surface area contributed by atoms with Crippen molar-refractivity contribution in [2.45, 2.75) is 113 Å². The van der Waals surface area contributed by atoms with Crippen molar-refractivity contribution in [2.24, 2.45) is 63.1 Å². The van der Waals surface area contributed by atoms with Gasteiger partial charge in [-0.1, -0.05) is 79.4 Å². The Balaban J connectivity index is 0.00000122. The molecule has 0 nitrogen and oxygen atoms in total. The Morgan fingerprint density at radius 3 is 2.38 bits per heavy atom. The molecule has 1 heteroatoms. The van der Waals surface area contributed by atoms with E-state index in [1.807, 2.05) is 0 Å². The smallest absolute Gasteiger partial charge is 0 e. The molecule has 0 amide bonds. The van der Waals surface area contributed by atoms with Gasteiger partial charge in [-0.05, 0) is 96.7 Å². The van der Waals surface area contributed by atoms with Gasteiger partial charge >= 0.3 is 0 Å². The third-order valence-electron chi connectivity index (χ3n) is 13.4. The fourth-order valence-electron chi connectivity index (χ4n) is 11.8. The molecule has 0 heterocycles. The van der Waals surface area contributed by atoms with Crippen LogP contribution in [0.15, 0.2) is 12.2 Å². The zero-order valence-electron chi connectivity index (χ0n) is 21.2. The van der Waals surface area contributed by atoms with Gasteiger partial charge in [0.05, 0.1) is 0 Å². The summed E-state index contributed by atoms with van der Waals surface area (Å²) in [6, 6.07) is 0. The summed E-state index contributed by atoms with van der Waals surface area (Å²) >= 11 is 0. The van der Waals surface area contributed by atoms with Crippen LogP contribution in [0.1, 0.15) is 113 Å². The number of hydrogen-bond acceptors (Lipinski definition) is 0. The van der Waals surface area contributed by atoms with Gasteiger partial charge in [-0.15, -0.1) is 0 Å². The summed E-state index contributed by atoms with van der Waals surface area (Å²) in [5, 5.41) is 0. The van der Waals surface area contributed by atoms with Crippen molar-refractivity contribution in [3.05, 3.63) is 18.6 Å². The van der Waals surface area contributed by atoms with E-state index in [9.17, 15) is 0 Å². The molecule has 0 aromatic carbocycles. The van der Waals surface area contributed by atoms with Crippen LogP contribution in [0.5, 0.6) is 0 Å². The molecular formula is C31H51Y-. The third kappa shape index (κ3) is 3.05. The predicted octanol–water partition coefficient (Wildman–Crippen LogP) is 9.11. The molecule has 10 unspecified atom stereocenters. The third-order valence-corrected chi connectivity index (χ3v) is 13.4. The largest absolute Gasteiger partial charge is 0.323 e. The standard InChI is InChI=1S/C30H47.CH4.Y/c1-7-30-14-10-21-19(2)17-20-18-24-22-9-8-12-27(3,4)23(22)11-13-28(24,5)29(6,15-16-30)25(20)26(21)30;;/h12,20-26H,2,7-11,13-18H2,1,3-6H3;1H4;/q-1;;. The predicted molar refractivity (Wildman–Crippen MR) is 133 cm³/mol. The minimum atomic E-state index is 0. The molecule has 32 heavy (non-hydrogen) atoms. The van der Waals surface area contributed by atoms with Crippen molar-refractivity contribution in [3.8, 4) is 0 Å². The summed E-state index contributed by atoms with van der Waals surface area (Å²) in [6.45, 7) is 18.0. The maximum Gasteiger partial charge on any atom is 0 e. The molecule has 6 aliphatic rings. The minimum absolute atomic E-state index is 0. The first-order chi connectivity index (χ1) is 14.2. The van der Waals surface area contributed by atoms with Gasteiger partial charge < -0.3 is 6.42 Å². The number of rotatable bonds is 1. The molecule has 179 valence electrons. The zero-order valence-corrected chi connectivity index (χ0v) is 24.0. The average molecular weight is 513 g/mol. The van der Waals surface area contributed by atoms with E-state index in [-0.39, 0.29) is 40.1 Å². The topological polar surface area (TPSA) is 0 Å².